The minimum Gasteiger partial charge on any atom is -0.399 e. The summed E-state index contributed by atoms with van der Waals surface area (Å²) in [4.78, 5) is 26.7. The van der Waals surface area contributed by atoms with Gasteiger partial charge in [0.1, 0.15) is 0 Å². The third kappa shape index (κ3) is 5.84. The van der Waals surface area contributed by atoms with Gasteiger partial charge in [-0.2, -0.15) is 20.2 Å². The molecule has 0 unspecified atom stereocenters. The summed E-state index contributed by atoms with van der Waals surface area (Å²) in [5.41, 5.74) is 11.2. The van der Waals surface area contributed by atoms with E-state index >= 15 is 0 Å². The molecule has 0 spiro atoms. The monoisotopic (exact) mass is 606 g/mol. The van der Waals surface area contributed by atoms with Gasteiger partial charge in [-0.1, -0.05) is 12.1 Å². The maximum atomic E-state index is 10.9. The smallest absolute Gasteiger partial charge is 0.271 e. The van der Waals surface area contributed by atoms with Gasteiger partial charge in [0.05, 0.1) is 15.7 Å². The Labute approximate surface area is 248 Å². The third-order valence-corrected chi connectivity index (χ3v) is 6.67. The number of halogens is 2. The fourth-order valence-corrected chi connectivity index (χ4v) is 4.36. The van der Waals surface area contributed by atoms with E-state index in [4.69, 9.17) is 28.9 Å². The molecule has 42 heavy (non-hydrogen) atoms. The number of nitrogens with one attached hydrogen (secondary N) is 2. The number of nitrogen functional groups attached to an aromatic ring is 1. The van der Waals surface area contributed by atoms with Crippen molar-refractivity contribution in [3.05, 3.63) is 80.6 Å². The van der Waals surface area contributed by atoms with Crippen LogP contribution in [0.1, 0.15) is 11.1 Å². The quantitative estimate of drug-likeness (QED) is 0.0957. The molecule has 0 atom stereocenters. The molecule has 16 heteroatoms. The Morgan fingerprint density at radius 1 is 0.810 bits per heavy atom. The van der Waals surface area contributed by atoms with Crippen molar-refractivity contribution in [3.63, 3.8) is 0 Å². The molecule has 6 rings (SSSR count). The molecule has 4 heterocycles. The maximum absolute atomic E-state index is 10.9. The molecule has 0 saturated carbocycles. The highest BCUT2D eigenvalue weighted by Gasteiger charge is 2.15. The van der Waals surface area contributed by atoms with Gasteiger partial charge in [-0.25, -0.2) is 19.3 Å². The van der Waals surface area contributed by atoms with E-state index in [-0.39, 0.29) is 16.3 Å². The first-order valence-electron chi connectivity index (χ1n) is 12.4. The van der Waals surface area contributed by atoms with Crippen LogP contribution in [0.15, 0.2) is 48.8 Å². The lowest BCUT2D eigenvalue weighted by Gasteiger charge is -2.08. The number of nitrogens with two attached hydrogens (primary N) is 1. The van der Waals surface area contributed by atoms with Gasteiger partial charge in [0, 0.05) is 55.7 Å². The summed E-state index contributed by atoms with van der Waals surface area (Å²) >= 11 is 11.6. The number of benzene rings is 2. The van der Waals surface area contributed by atoms with Crippen LogP contribution >= 0.6 is 23.2 Å². The van der Waals surface area contributed by atoms with Crippen molar-refractivity contribution >= 4 is 79.7 Å². The number of aryl methyl sites for hydroxylation is 4. The average molecular weight is 607 g/mol. The van der Waals surface area contributed by atoms with Crippen molar-refractivity contribution in [2.24, 2.45) is 14.1 Å². The summed E-state index contributed by atoms with van der Waals surface area (Å²) in [6, 6.07) is 10.3. The second kappa shape index (κ2) is 11.4. The van der Waals surface area contributed by atoms with Crippen LogP contribution in [-0.4, -0.2) is 44.4 Å². The maximum Gasteiger partial charge on any atom is 0.271 e. The van der Waals surface area contributed by atoms with Gasteiger partial charge in [0.25, 0.3) is 5.69 Å². The number of nitro groups is 1. The van der Waals surface area contributed by atoms with Crippen molar-refractivity contribution in [2.45, 2.75) is 13.8 Å². The lowest BCUT2D eigenvalue weighted by molar-refractivity contribution is -0.384. The van der Waals surface area contributed by atoms with Crippen LogP contribution in [0.2, 0.25) is 10.6 Å². The topological polar surface area (TPSA) is 180 Å². The van der Waals surface area contributed by atoms with E-state index in [9.17, 15) is 10.1 Å². The van der Waals surface area contributed by atoms with E-state index in [1.54, 1.807) is 34.9 Å². The molecule has 0 bridgehead atoms. The van der Waals surface area contributed by atoms with Crippen molar-refractivity contribution < 1.29 is 4.92 Å². The Balaban J connectivity index is 0.000000169. The number of aromatic nitrogens is 8. The van der Waals surface area contributed by atoms with E-state index < -0.39 is 4.92 Å². The molecule has 0 aliphatic rings. The Hall–Kier alpha value is -5.08. The van der Waals surface area contributed by atoms with Gasteiger partial charge < -0.3 is 16.4 Å². The molecule has 0 saturated heterocycles. The zero-order chi connectivity index (χ0) is 30.1. The van der Waals surface area contributed by atoms with Gasteiger partial charge in [-0.3, -0.25) is 10.1 Å². The summed E-state index contributed by atoms with van der Waals surface area (Å²) in [7, 11) is 3.54. The molecular formula is C26H24Cl2N12O2. The number of nitro benzene ring substituents is 1. The van der Waals surface area contributed by atoms with Crippen LogP contribution in [0, 0.1) is 24.0 Å². The number of non-ortho nitro benzene ring substituents is 1. The fourth-order valence-electron chi connectivity index (χ4n) is 4.11. The molecule has 214 valence electrons. The van der Waals surface area contributed by atoms with E-state index in [0.29, 0.717) is 39.7 Å². The first kappa shape index (κ1) is 28.4. The van der Waals surface area contributed by atoms with Crippen molar-refractivity contribution in [2.75, 3.05) is 16.4 Å². The Bertz CT molecular complexity index is 1970. The van der Waals surface area contributed by atoms with Crippen molar-refractivity contribution in [3.8, 4) is 0 Å². The zero-order valence-corrected chi connectivity index (χ0v) is 24.3. The van der Waals surface area contributed by atoms with Crippen LogP contribution in [-0.2, 0) is 14.1 Å². The van der Waals surface area contributed by atoms with Crippen LogP contribution < -0.4 is 16.4 Å². The Kier molecular flexibility index (Phi) is 7.74. The number of hydrogen-bond donors (Lipinski definition) is 3. The standard InChI is InChI=1S/C13H11ClN6O2.C13H13ClN6/c1-7-3-4-8(20(21)22)5-10(7)16-11-9-6-15-13(14)17-12(9)19(2)18-11;1-7-3-4-8(15)5-10(7)17-11-9-6-16-13(14)18-12(9)20(2)19-11/h3-6H,1-2H3,(H,16,18);3-6H,15H2,1-2H3,(H,17,19). The highest BCUT2D eigenvalue weighted by atomic mass is 35.5. The van der Waals surface area contributed by atoms with Gasteiger partial charge >= 0.3 is 0 Å². The number of fused-ring (bicyclic) bond motifs is 2. The van der Waals surface area contributed by atoms with E-state index in [0.717, 1.165) is 22.2 Å². The Morgan fingerprint density at radius 2 is 1.29 bits per heavy atom. The first-order chi connectivity index (χ1) is 20.0. The van der Waals surface area contributed by atoms with Gasteiger partial charge in [-0.15, -0.1) is 0 Å². The van der Waals surface area contributed by atoms with E-state index in [2.05, 4.69) is 40.8 Å². The highest BCUT2D eigenvalue weighted by Crippen LogP contribution is 2.29. The highest BCUT2D eigenvalue weighted by molar-refractivity contribution is 6.28. The van der Waals surface area contributed by atoms with E-state index in [1.165, 1.54) is 12.1 Å². The second-order valence-corrected chi connectivity index (χ2v) is 9.95. The molecule has 0 aliphatic carbocycles. The molecule has 4 aromatic heterocycles. The fraction of sp³-hybridized carbons (Fsp3) is 0.154. The molecule has 0 radical (unpaired) electrons. The summed E-state index contributed by atoms with van der Waals surface area (Å²) in [5.74, 6) is 1.19. The minimum atomic E-state index is -0.440. The molecule has 0 amide bonds. The molecule has 2 aromatic carbocycles. The third-order valence-electron chi connectivity index (χ3n) is 6.30. The van der Waals surface area contributed by atoms with Crippen LogP contribution in [0.5, 0.6) is 0 Å². The first-order valence-corrected chi connectivity index (χ1v) is 13.1. The number of anilines is 5. The summed E-state index contributed by atoms with van der Waals surface area (Å²) in [6.07, 6.45) is 3.22. The van der Waals surface area contributed by atoms with Gasteiger partial charge in [0.2, 0.25) is 10.6 Å². The molecule has 0 aliphatic heterocycles. The summed E-state index contributed by atoms with van der Waals surface area (Å²) < 4.78 is 3.23. The summed E-state index contributed by atoms with van der Waals surface area (Å²) in [6.45, 7) is 3.85. The van der Waals surface area contributed by atoms with Gasteiger partial charge in [-0.05, 0) is 60.3 Å². The van der Waals surface area contributed by atoms with Crippen LogP contribution in [0.25, 0.3) is 22.1 Å². The van der Waals surface area contributed by atoms with Crippen LogP contribution in [0.4, 0.5) is 34.4 Å². The van der Waals surface area contributed by atoms with Crippen molar-refractivity contribution in [1.82, 2.24) is 39.5 Å². The number of nitrogens with zero attached hydrogens (tertiary/aromatic N) is 9. The molecule has 6 aromatic rings. The minimum absolute atomic E-state index is 0.00707. The zero-order valence-electron chi connectivity index (χ0n) is 22.8. The average Bonchev–Trinajstić information content (AvgIpc) is 3.42. The lowest BCUT2D eigenvalue weighted by atomic mass is 10.2. The molecule has 14 nitrogen and oxygen atoms in total. The SMILES string of the molecule is Cc1ccc(N)cc1Nc1nn(C)c2nc(Cl)ncc12.Cc1ccc([N+](=O)[O-])cc1Nc1nn(C)c2nc(Cl)ncc12. The normalized spacial score (nSPS) is 10.9. The molecule has 4 N–H and O–H groups in total. The summed E-state index contributed by atoms with van der Waals surface area (Å²) in [5, 5.41) is 27.8. The van der Waals surface area contributed by atoms with Gasteiger partial charge in [0.15, 0.2) is 22.9 Å². The largest absolute Gasteiger partial charge is 0.399 e. The van der Waals surface area contributed by atoms with Crippen molar-refractivity contribution in [1.29, 1.82) is 0 Å². The molecular weight excluding hydrogens is 583 g/mol. The number of hydrogen-bond acceptors (Lipinski definition) is 11. The molecule has 0 fully saturated rings. The Morgan fingerprint density at radius 3 is 1.79 bits per heavy atom. The second-order valence-electron chi connectivity index (χ2n) is 9.28. The number of rotatable bonds is 5. The lowest BCUT2D eigenvalue weighted by Crippen LogP contribution is -1.97. The predicted molar refractivity (Wildman–Crippen MR) is 163 cm³/mol. The predicted octanol–water partition coefficient (Wildman–Crippen LogP) is 5.63. The van der Waals surface area contributed by atoms with E-state index in [1.807, 2.05) is 39.1 Å². The van der Waals surface area contributed by atoms with Crippen LogP contribution in [0.3, 0.4) is 0 Å².